The molecule has 1 aromatic heterocycles. The van der Waals surface area contributed by atoms with Crippen molar-refractivity contribution in [3.8, 4) is 0 Å². The van der Waals surface area contributed by atoms with Crippen molar-refractivity contribution in [3.05, 3.63) is 40.6 Å². The first kappa shape index (κ1) is 11.9. The number of pyridine rings is 1. The number of rotatable bonds is 2. The summed E-state index contributed by atoms with van der Waals surface area (Å²) < 4.78 is 0. The van der Waals surface area contributed by atoms with Crippen molar-refractivity contribution < 1.29 is 10.0 Å². The maximum atomic E-state index is 11.2. The number of hydrogen-bond donors (Lipinski definition) is 1. The summed E-state index contributed by atoms with van der Waals surface area (Å²) in [7, 11) is 0. The first-order valence-electron chi connectivity index (χ1n) is 6.12. The number of aromatic nitrogens is 1. The fraction of sp³-hybridized carbons (Fsp3) is 0.308. The van der Waals surface area contributed by atoms with E-state index in [0.29, 0.717) is 25.2 Å². The monoisotopic (exact) mass is 259 g/mol. The number of fused-ring (bicyclic) bond motifs is 1. The van der Waals surface area contributed by atoms with Crippen LogP contribution in [0.2, 0.25) is 0 Å². The second-order valence-corrected chi connectivity index (χ2v) is 4.65. The molecule has 1 N–H and O–H groups in total. The predicted octanol–water partition coefficient (Wildman–Crippen LogP) is 1.71. The van der Waals surface area contributed by atoms with Crippen molar-refractivity contribution in [3.63, 3.8) is 0 Å². The van der Waals surface area contributed by atoms with Crippen LogP contribution in [0.4, 0.5) is 11.4 Å². The molecule has 0 unspecified atom stereocenters. The van der Waals surface area contributed by atoms with E-state index in [4.69, 9.17) is 0 Å². The van der Waals surface area contributed by atoms with Crippen LogP contribution < -0.4 is 4.90 Å². The van der Waals surface area contributed by atoms with Crippen molar-refractivity contribution in [2.45, 2.75) is 12.5 Å². The first-order chi connectivity index (χ1) is 9.16. The Labute approximate surface area is 109 Å². The van der Waals surface area contributed by atoms with Gasteiger partial charge in [0.15, 0.2) is 0 Å². The summed E-state index contributed by atoms with van der Waals surface area (Å²) in [6.45, 7) is 1.05. The van der Waals surface area contributed by atoms with Gasteiger partial charge in [-0.05, 0) is 12.5 Å². The maximum absolute atomic E-state index is 11.2. The molecular weight excluding hydrogens is 246 g/mol. The molecule has 1 atom stereocenters. The predicted molar refractivity (Wildman–Crippen MR) is 71.2 cm³/mol. The van der Waals surface area contributed by atoms with Crippen LogP contribution in [0, 0.1) is 10.1 Å². The Balaban J connectivity index is 2.23. The smallest absolute Gasteiger partial charge is 0.311 e. The second-order valence-electron chi connectivity index (χ2n) is 4.65. The highest BCUT2D eigenvalue weighted by atomic mass is 16.6. The van der Waals surface area contributed by atoms with Gasteiger partial charge in [0.1, 0.15) is 11.9 Å². The maximum Gasteiger partial charge on any atom is 0.311 e. The summed E-state index contributed by atoms with van der Waals surface area (Å²) in [6, 6.07) is 7.35. The molecule has 1 aliphatic heterocycles. The second kappa shape index (κ2) is 4.47. The van der Waals surface area contributed by atoms with Crippen LogP contribution in [0.5, 0.6) is 0 Å². The number of nitro groups is 1. The Bertz CT molecular complexity index is 644. The molecule has 3 rings (SSSR count). The van der Waals surface area contributed by atoms with Gasteiger partial charge >= 0.3 is 5.69 Å². The van der Waals surface area contributed by atoms with Crippen LogP contribution in [-0.4, -0.2) is 34.2 Å². The van der Waals surface area contributed by atoms with Crippen LogP contribution in [0.25, 0.3) is 10.9 Å². The third kappa shape index (κ3) is 2.00. The van der Waals surface area contributed by atoms with E-state index in [1.54, 1.807) is 0 Å². The molecule has 2 heterocycles. The summed E-state index contributed by atoms with van der Waals surface area (Å²) in [5.41, 5.74) is 1.28. The number of nitrogens with zero attached hydrogens (tertiary/aromatic N) is 3. The summed E-state index contributed by atoms with van der Waals surface area (Å²) in [6.07, 6.45) is 1.50. The van der Waals surface area contributed by atoms with Crippen molar-refractivity contribution >= 4 is 22.3 Å². The molecule has 19 heavy (non-hydrogen) atoms. The van der Waals surface area contributed by atoms with E-state index in [9.17, 15) is 15.2 Å². The zero-order chi connectivity index (χ0) is 13.4. The highest BCUT2D eigenvalue weighted by molar-refractivity contribution is 5.96. The molecule has 0 bridgehead atoms. The average molecular weight is 259 g/mol. The van der Waals surface area contributed by atoms with E-state index in [-0.39, 0.29) is 5.69 Å². The van der Waals surface area contributed by atoms with Crippen LogP contribution >= 0.6 is 0 Å². The molecule has 1 aliphatic rings. The van der Waals surface area contributed by atoms with Gasteiger partial charge in [-0.1, -0.05) is 18.2 Å². The van der Waals surface area contributed by atoms with Crippen molar-refractivity contribution in [2.75, 3.05) is 18.0 Å². The van der Waals surface area contributed by atoms with E-state index in [2.05, 4.69) is 4.98 Å². The van der Waals surface area contributed by atoms with E-state index in [0.717, 1.165) is 10.9 Å². The third-order valence-corrected chi connectivity index (χ3v) is 3.40. The minimum absolute atomic E-state index is 0.00667. The molecule has 98 valence electrons. The van der Waals surface area contributed by atoms with Crippen molar-refractivity contribution in [1.29, 1.82) is 0 Å². The number of para-hydroxylation sites is 1. The Hall–Kier alpha value is -2.21. The quantitative estimate of drug-likeness (QED) is 0.656. The summed E-state index contributed by atoms with van der Waals surface area (Å²) >= 11 is 0. The van der Waals surface area contributed by atoms with E-state index in [1.807, 2.05) is 29.2 Å². The molecule has 0 saturated carbocycles. The number of aliphatic hydroxyl groups excluding tert-OH is 1. The lowest BCUT2D eigenvalue weighted by Gasteiger charge is -2.19. The number of aliphatic hydroxyl groups is 1. The Morgan fingerprint density at radius 1 is 1.42 bits per heavy atom. The SMILES string of the molecule is O=[N+]([O-])c1cnc2ccccc2c1N1CC[C@@H](O)C1. The highest BCUT2D eigenvalue weighted by Crippen LogP contribution is 2.36. The lowest BCUT2D eigenvalue weighted by molar-refractivity contribution is -0.384. The fourth-order valence-corrected chi connectivity index (χ4v) is 2.53. The molecule has 0 amide bonds. The molecule has 1 saturated heterocycles. The van der Waals surface area contributed by atoms with Gasteiger partial charge in [0, 0.05) is 18.5 Å². The van der Waals surface area contributed by atoms with Crippen molar-refractivity contribution in [1.82, 2.24) is 4.98 Å². The van der Waals surface area contributed by atoms with Gasteiger partial charge in [0.05, 0.1) is 16.5 Å². The Morgan fingerprint density at radius 3 is 2.89 bits per heavy atom. The Kier molecular flexibility index (Phi) is 2.79. The fourth-order valence-electron chi connectivity index (χ4n) is 2.53. The van der Waals surface area contributed by atoms with Gasteiger partial charge in [0.2, 0.25) is 0 Å². The van der Waals surface area contributed by atoms with Crippen molar-refractivity contribution in [2.24, 2.45) is 0 Å². The topological polar surface area (TPSA) is 79.5 Å². The van der Waals surface area contributed by atoms with Crippen LogP contribution in [0.3, 0.4) is 0 Å². The molecular formula is C13H13N3O3. The van der Waals surface area contributed by atoms with E-state index in [1.165, 1.54) is 6.20 Å². The molecule has 1 aromatic carbocycles. The van der Waals surface area contributed by atoms with Gasteiger partial charge < -0.3 is 10.0 Å². The van der Waals surface area contributed by atoms with Gasteiger partial charge in [-0.15, -0.1) is 0 Å². The highest BCUT2D eigenvalue weighted by Gasteiger charge is 2.28. The third-order valence-electron chi connectivity index (χ3n) is 3.40. The number of anilines is 1. The number of hydrogen-bond acceptors (Lipinski definition) is 5. The van der Waals surface area contributed by atoms with Crippen LogP contribution in [0.15, 0.2) is 30.5 Å². The molecule has 0 radical (unpaired) electrons. The zero-order valence-electron chi connectivity index (χ0n) is 10.2. The minimum Gasteiger partial charge on any atom is -0.391 e. The average Bonchev–Trinajstić information content (AvgIpc) is 2.83. The molecule has 6 nitrogen and oxygen atoms in total. The Morgan fingerprint density at radius 2 is 2.21 bits per heavy atom. The lowest BCUT2D eigenvalue weighted by atomic mass is 10.1. The molecule has 0 aliphatic carbocycles. The molecule has 0 spiro atoms. The number of benzene rings is 1. The van der Waals surface area contributed by atoms with Crippen LogP contribution in [-0.2, 0) is 0 Å². The van der Waals surface area contributed by atoms with E-state index < -0.39 is 11.0 Å². The molecule has 6 heteroatoms. The number of β-amino-alcohol motifs (C(OH)–C–C–N with tert-alkyl or cyclic N) is 1. The molecule has 2 aromatic rings. The van der Waals surface area contributed by atoms with Gasteiger partial charge in [0.25, 0.3) is 0 Å². The van der Waals surface area contributed by atoms with Crippen LogP contribution in [0.1, 0.15) is 6.42 Å². The van der Waals surface area contributed by atoms with Gasteiger partial charge in [-0.25, -0.2) is 4.98 Å². The standard InChI is InChI=1S/C13H13N3O3/c17-9-5-6-15(8-9)13-10-3-1-2-4-11(10)14-7-12(13)16(18)19/h1-4,7,9,17H,5-6,8H2/t9-/m1/s1. The summed E-state index contributed by atoms with van der Waals surface area (Å²) in [4.78, 5) is 16.8. The minimum atomic E-state index is -0.425. The largest absolute Gasteiger partial charge is 0.391 e. The summed E-state index contributed by atoms with van der Waals surface area (Å²) in [5, 5.41) is 21.6. The normalized spacial score (nSPS) is 19.0. The first-order valence-corrected chi connectivity index (χ1v) is 6.12. The van der Waals surface area contributed by atoms with E-state index >= 15 is 0 Å². The summed E-state index contributed by atoms with van der Waals surface area (Å²) in [5.74, 6) is 0. The lowest BCUT2D eigenvalue weighted by Crippen LogP contribution is -2.22. The molecule has 1 fully saturated rings. The zero-order valence-corrected chi connectivity index (χ0v) is 10.2. The van der Waals surface area contributed by atoms with Gasteiger partial charge in [-0.3, -0.25) is 10.1 Å². The van der Waals surface area contributed by atoms with Gasteiger partial charge in [-0.2, -0.15) is 0 Å².